The van der Waals surface area contributed by atoms with Gasteiger partial charge in [0.15, 0.2) is 0 Å². The Balaban J connectivity index is 0.596. The number of likely N-dealkylation sites (tertiary alicyclic amines) is 1. The SMILES string of the molecule is Cc1ccc(NC(=O)c2ccc(CN3CCN(CCCCCCOCCOCCOCCCCCC(=O)N[C@H](C(=O)N4C[C@H](O)C[C@H]4C(=O)NCc4ccc(-c5scnc5C)cc4)C(C)(C)C)CC3)cc2)cc1Nc1nccc(-c2cccnc2)n1. The number of piperazine rings is 1. The maximum absolute atomic E-state index is 14.0. The van der Waals surface area contributed by atoms with E-state index in [1.165, 1.54) is 23.3 Å². The van der Waals surface area contributed by atoms with Crippen LogP contribution in [0.2, 0.25) is 0 Å². The summed E-state index contributed by atoms with van der Waals surface area (Å²) in [6.07, 6.45) is 11.6. The predicted molar refractivity (Wildman–Crippen MR) is 337 cm³/mol. The molecule has 5 N–H and O–H groups in total. The maximum atomic E-state index is 14.0. The molecule has 6 aromatic rings. The number of hydrogen-bond acceptors (Lipinski definition) is 16. The van der Waals surface area contributed by atoms with Crippen LogP contribution in [0.4, 0.5) is 17.3 Å². The Labute approximate surface area is 511 Å². The fraction of sp³-hybridized carbons (Fsp3) is 0.485. The van der Waals surface area contributed by atoms with Crippen molar-refractivity contribution >= 4 is 52.3 Å². The number of aliphatic hydroxyl groups is 1. The molecule has 4 amide bonds. The second-order valence-electron chi connectivity index (χ2n) is 23.4. The summed E-state index contributed by atoms with van der Waals surface area (Å²) in [6, 6.07) is 25.6. The average molecular weight is 1190 g/mol. The number of rotatable bonds is 32. The van der Waals surface area contributed by atoms with Gasteiger partial charge in [-0.3, -0.25) is 29.1 Å². The highest BCUT2D eigenvalue weighted by Gasteiger charge is 2.44. The van der Waals surface area contributed by atoms with Crippen molar-refractivity contribution in [2.45, 2.75) is 124 Å². The van der Waals surface area contributed by atoms with E-state index in [1.807, 2.05) is 113 Å². The Morgan fingerprint density at radius 2 is 1.43 bits per heavy atom. The zero-order chi connectivity index (χ0) is 60.7. The third kappa shape index (κ3) is 20.3. The van der Waals surface area contributed by atoms with Crippen LogP contribution in [0.15, 0.2) is 109 Å². The predicted octanol–water partition coefficient (Wildman–Crippen LogP) is 9.37. The van der Waals surface area contributed by atoms with Gasteiger partial charge in [0.25, 0.3) is 5.91 Å². The second-order valence-corrected chi connectivity index (χ2v) is 24.3. The summed E-state index contributed by atoms with van der Waals surface area (Å²) in [4.78, 5) is 79.0. The summed E-state index contributed by atoms with van der Waals surface area (Å²) in [6.45, 7) is 19.4. The Morgan fingerprint density at radius 3 is 2.12 bits per heavy atom. The fourth-order valence-corrected chi connectivity index (χ4v) is 11.4. The van der Waals surface area contributed by atoms with Crippen molar-refractivity contribution in [1.29, 1.82) is 0 Å². The third-order valence-corrected chi connectivity index (χ3v) is 16.6. The number of carbonyl (C=O) groups excluding carboxylic acids is 4. The van der Waals surface area contributed by atoms with E-state index >= 15 is 0 Å². The molecule has 8 rings (SSSR count). The number of aryl methyl sites for hydroxylation is 2. The average Bonchev–Trinajstić information content (AvgIpc) is 4.05. The first kappa shape index (κ1) is 64.9. The molecule has 2 fully saturated rings. The normalized spacial score (nSPS) is 16.0. The number of β-amino-alcohol motifs (C(OH)–C–C–N with tert-alkyl or cyclic N) is 1. The number of thiazole rings is 1. The summed E-state index contributed by atoms with van der Waals surface area (Å²) in [5, 5.41) is 22.9. The van der Waals surface area contributed by atoms with Gasteiger partial charge in [0.2, 0.25) is 23.7 Å². The van der Waals surface area contributed by atoms with Crippen LogP contribution in [0, 0.1) is 19.3 Å². The van der Waals surface area contributed by atoms with Gasteiger partial charge in [-0.15, -0.1) is 11.3 Å². The fourth-order valence-electron chi connectivity index (χ4n) is 10.6. The zero-order valence-electron chi connectivity index (χ0n) is 50.7. The lowest BCUT2D eigenvalue weighted by Gasteiger charge is -2.35. The molecule has 0 aliphatic carbocycles. The van der Waals surface area contributed by atoms with Crippen LogP contribution in [-0.4, -0.2) is 160 Å². The molecule has 460 valence electrons. The van der Waals surface area contributed by atoms with Crippen molar-refractivity contribution in [2.24, 2.45) is 5.41 Å². The number of benzene rings is 3. The minimum atomic E-state index is -0.864. The number of unbranched alkanes of at least 4 members (excludes halogenated alkanes) is 5. The van der Waals surface area contributed by atoms with E-state index in [0.717, 1.165) is 116 Å². The summed E-state index contributed by atoms with van der Waals surface area (Å²) in [7, 11) is 0. The van der Waals surface area contributed by atoms with Crippen LogP contribution in [0.3, 0.4) is 0 Å². The molecular weight excluding hydrogens is 1110 g/mol. The molecule has 5 heterocycles. The van der Waals surface area contributed by atoms with Crippen molar-refractivity contribution in [1.82, 2.24) is 45.3 Å². The molecular formula is C66H87N11O8S. The molecule has 20 heteroatoms. The lowest BCUT2D eigenvalue weighted by atomic mass is 9.85. The molecule has 2 saturated heterocycles. The highest BCUT2D eigenvalue weighted by molar-refractivity contribution is 7.13. The molecule has 3 atom stereocenters. The molecule has 0 saturated carbocycles. The van der Waals surface area contributed by atoms with Gasteiger partial charge < -0.3 is 50.4 Å². The lowest BCUT2D eigenvalue weighted by molar-refractivity contribution is -0.144. The number of anilines is 3. The quantitative estimate of drug-likeness (QED) is 0.0248. The van der Waals surface area contributed by atoms with E-state index in [0.29, 0.717) is 56.7 Å². The van der Waals surface area contributed by atoms with Crippen LogP contribution in [0.1, 0.15) is 111 Å². The number of amides is 4. The molecule has 86 heavy (non-hydrogen) atoms. The molecule has 2 aliphatic rings. The number of aromatic nitrogens is 4. The van der Waals surface area contributed by atoms with Crippen LogP contribution in [0.5, 0.6) is 0 Å². The summed E-state index contributed by atoms with van der Waals surface area (Å²) >= 11 is 1.58. The second kappa shape index (κ2) is 33.2. The van der Waals surface area contributed by atoms with Gasteiger partial charge in [-0.25, -0.2) is 15.0 Å². The van der Waals surface area contributed by atoms with Crippen molar-refractivity contribution in [2.75, 3.05) is 89.5 Å². The van der Waals surface area contributed by atoms with Crippen LogP contribution in [0.25, 0.3) is 21.7 Å². The number of nitrogens with zero attached hydrogens (tertiary/aromatic N) is 7. The van der Waals surface area contributed by atoms with E-state index < -0.39 is 23.6 Å². The molecule has 0 bridgehead atoms. The van der Waals surface area contributed by atoms with E-state index in [-0.39, 0.29) is 49.6 Å². The highest BCUT2D eigenvalue weighted by atomic mass is 32.1. The third-order valence-electron chi connectivity index (χ3n) is 15.6. The topological polar surface area (TPSA) is 226 Å². The first-order valence-corrected chi connectivity index (χ1v) is 31.3. The smallest absolute Gasteiger partial charge is 0.255 e. The molecule has 2 aliphatic heterocycles. The van der Waals surface area contributed by atoms with Gasteiger partial charge in [0.05, 0.1) is 54.3 Å². The lowest BCUT2D eigenvalue weighted by Crippen LogP contribution is -2.57. The monoisotopic (exact) mass is 1190 g/mol. The minimum Gasteiger partial charge on any atom is -0.391 e. The van der Waals surface area contributed by atoms with Gasteiger partial charge in [-0.05, 0) is 116 Å². The van der Waals surface area contributed by atoms with Crippen LogP contribution < -0.4 is 21.3 Å². The summed E-state index contributed by atoms with van der Waals surface area (Å²) in [5.74, 6) is -0.640. The molecule has 3 aromatic heterocycles. The molecule has 0 spiro atoms. The van der Waals surface area contributed by atoms with E-state index in [4.69, 9.17) is 14.2 Å². The molecule has 19 nitrogen and oxygen atoms in total. The maximum Gasteiger partial charge on any atom is 0.255 e. The number of hydrogen-bond donors (Lipinski definition) is 5. The van der Waals surface area contributed by atoms with Gasteiger partial charge in [-0.2, -0.15) is 0 Å². The van der Waals surface area contributed by atoms with Gasteiger partial charge in [-0.1, -0.05) is 82.5 Å². The van der Waals surface area contributed by atoms with Crippen molar-refractivity contribution in [3.8, 4) is 21.7 Å². The number of ether oxygens (including phenoxy) is 3. The summed E-state index contributed by atoms with van der Waals surface area (Å²) < 4.78 is 17.3. The van der Waals surface area contributed by atoms with Gasteiger partial charge in [0, 0.05) is 113 Å². The van der Waals surface area contributed by atoms with Gasteiger partial charge in [0.1, 0.15) is 12.1 Å². The highest BCUT2D eigenvalue weighted by Crippen LogP contribution is 2.30. The van der Waals surface area contributed by atoms with Crippen molar-refractivity contribution < 1.29 is 38.5 Å². The first-order valence-electron chi connectivity index (χ1n) is 30.4. The number of carbonyl (C=O) groups is 4. The zero-order valence-corrected chi connectivity index (χ0v) is 51.5. The molecule has 3 aromatic carbocycles. The first-order chi connectivity index (χ1) is 41.7. The minimum absolute atomic E-state index is 0.0267. The van der Waals surface area contributed by atoms with Crippen LogP contribution in [-0.2, 0) is 41.7 Å². The number of aliphatic hydroxyl groups excluding tert-OH is 1. The van der Waals surface area contributed by atoms with Crippen molar-refractivity contribution in [3.05, 3.63) is 137 Å². The summed E-state index contributed by atoms with van der Waals surface area (Å²) in [5.41, 5.74) is 10.1. The van der Waals surface area contributed by atoms with E-state index in [9.17, 15) is 24.3 Å². The largest absolute Gasteiger partial charge is 0.391 e. The molecule has 0 unspecified atom stereocenters. The Bertz CT molecular complexity index is 3080. The Morgan fingerprint density at radius 1 is 0.744 bits per heavy atom. The Hall–Kier alpha value is -7.04. The van der Waals surface area contributed by atoms with Crippen molar-refractivity contribution in [3.63, 3.8) is 0 Å². The van der Waals surface area contributed by atoms with E-state index in [1.54, 1.807) is 29.9 Å². The number of nitrogens with one attached hydrogen (secondary N) is 4. The number of pyridine rings is 1. The van der Waals surface area contributed by atoms with E-state index in [2.05, 4.69) is 63.1 Å². The van der Waals surface area contributed by atoms with Gasteiger partial charge >= 0.3 is 0 Å². The molecule has 0 radical (unpaired) electrons. The van der Waals surface area contributed by atoms with Crippen LogP contribution >= 0.6 is 11.3 Å². The standard InChI is InChI=1S/C66H87N11O8S/c1-47-16-25-54(40-57(47)73-65-68-28-26-56(72-65)53-14-13-27-67-43-53)71-62(80)52-23-19-50(20-24-52)44-76-32-30-75(31-33-76)29-10-6-7-11-34-83-36-38-85-39-37-84-35-12-8-9-15-59(79)74-61(66(3,4)5)64(82)77-45-55(78)41-58(77)63(81)69-42-49-17-21-51(22-18-49)60-48(2)70-46-86-60/h13-14,16-28,40,43,46,55,58,61,78H,6-12,15,29-39,41-42,44-45H2,1-5H3,(H,69,81)(H,71,80)(H,74,79)(H,68,72,73)/t55-,58+,61-/m1/s1. The Kier molecular flexibility index (Phi) is 25.1.